The average molecular weight is 459 g/mol. The van der Waals surface area contributed by atoms with Crippen molar-refractivity contribution in [3.8, 4) is 0 Å². The number of hydrogen-bond acceptors (Lipinski definition) is 7. The Bertz CT molecular complexity index is 1250. The van der Waals surface area contributed by atoms with Crippen molar-refractivity contribution in [3.63, 3.8) is 0 Å². The third kappa shape index (κ3) is 4.91. The van der Waals surface area contributed by atoms with Gasteiger partial charge in [0.25, 0.3) is 10.0 Å². The molecule has 3 rings (SSSR count). The van der Waals surface area contributed by atoms with Crippen LogP contribution in [0.25, 0.3) is 0 Å². The molecule has 10 heteroatoms. The van der Waals surface area contributed by atoms with Crippen molar-refractivity contribution in [2.75, 3.05) is 23.2 Å². The van der Waals surface area contributed by atoms with Gasteiger partial charge in [-0.3, -0.25) is 4.72 Å². The van der Waals surface area contributed by atoms with Gasteiger partial charge >= 0.3 is 5.97 Å². The first-order valence-electron chi connectivity index (χ1n) is 9.96. The fraction of sp³-hybridized carbons (Fsp3) is 0.318. The lowest BCUT2D eigenvalue weighted by Gasteiger charge is -2.20. The van der Waals surface area contributed by atoms with Crippen molar-refractivity contribution in [3.05, 3.63) is 64.2 Å². The van der Waals surface area contributed by atoms with Crippen molar-refractivity contribution in [1.82, 2.24) is 10.1 Å². The molecule has 0 unspecified atom stereocenters. The molecule has 0 aliphatic rings. The van der Waals surface area contributed by atoms with Crippen LogP contribution in [-0.2, 0) is 16.4 Å². The van der Waals surface area contributed by atoms with E-state index in [1.807, 2.05) is 27.7 Å². The Morgan fingerprint density at radius 3 is 2.47 bits per heavy atom. The summed E-state index contributed by atoms with van der Waals surface area (Å²) in [6.45, 7) is 7.87. The van der Waals surface area contributed by atoms with Crippen molar-refractivity contribution in [2.24, 2.45) is 0 Å². The highest BCUT2D eigenvalue weighted by Gasteiger charge is 2.20. The van der Waals surface area contributed by atoms with Gasteiger partial charge in [-0.15, -0.1) is 0 Å². The topological polar surface area (TPSA) is 126 Å². The van der Waals surface area contributed by atoms with Crippen LogP contribution in [0.4, 0.5) is 11.5 Å². The molecular weight excluding hydrogens is 432 g/mol. The molecule has 0 aliphatic carbocycles. The molecule has 32 heavy (non-hydrogen) atoms. The first kappa shape index (κ1) is 23.3. The number of pyridine rings is 1. The molecule has 0 amide bonds. The molecule has 3 aromatic rings. The summed E-state index contributed by atoms with van der Waals surface area (Å²) in [6, 6.07) is 6.07. The summed E-state index contributed by atoms with van der Waals surface area (Å²) in [5.74, 6) is -0.249. The van der Waals surface area contributed by atoms with E-state index in [1.54, 1.807) is 24.1 Å². The molecule has 2 aromatic heterocycles. The van der Waals surface area contributed by atoms with Crippen molar-refractivity contribution in [2.45, 2.75) is 39.0 Å². The van der Waals surface area contributed by atoms with Gasteiger partial charge in [0, 0.05) is 19.2 Å². The molecule has 0 bridgehead atoms. The van der Waals surface area contributed by atoms with Crippen LogP contribution in [0.15, 0.2) is 39.9 Å². The maximum absolute atomic E-state index is 12.8. The van der Waals surface area contributed by atoms with Crippen molar-refractivity contribution >= 4 is 27.5 Å². The molecule has 0 spiro atoms. The van der Waals surface area contributed by atoms with E-state index in [9.17, 15) is 18.3 Å². The van der Waals surface area contributed by atoms with Crippen LogP contribution in [-0.4, -0.2) is 43.2 Å². The number of hydrogen-bond donors (Lipinski definition) is 2. The summed E-state index contributed by atoms with van der Waals surface area (Å²) in [6.07, 6.45) is 1.91. The first-order chi connectivity index (χ1) is 15.0. The van der Waals surface area contributed by atoms with E-state index in [-0.39, 0.29) is 22.0 Å². The fourth-order valence-electron chi connectivity index (χ4n) is 3.31. The SMILES string of the molecule is Cc1ccc(S(=O)(=O)Nc2cnc(N(C)CCc3c(C)noc3C)c(C(=O)O)c2)cc1C. The summed E-state index contributed by atoms with van der Waals surface area (Å²) in [4.78, 5) is 17.9. The monoisotopic (exact) mass is 458 g/mol. The van der Waals surface area contributed by atoms with Gasteiger partial charge in [0.05, 0.1) is 22.5 Å². The van der Waals surface area contributed by atoms with Gasteiger partial charge in [0.15, 0.2) is 0 Å². The number of nitrogens with zero attached hydrogens (tertiary/aromatic N) is 3. The zero-order chi connectivity index (χ0) is 23.6. The second kappa shape index (κ2) is 8.99. The van der Waals surface area contributed by atoms with E-state index >= 15 is 0 Å². The average Bonchev–Trinajstić information content (AvgIpc) is 3.05. The molecule has 1 aromatic carbocycles. The quantitative estimate of drug-likeness (QED) is 0.525. The largest absolute Gasteiger partial charge is 0.478 e. The Hall–Kier alpha value is -3.40. The molecule has 0 atom stereocenters. The predicted molar refractivity (Wildman–Crippen MR) is 121 cm³/mol. The van der Waals surface area contributed by atoms with Gasteiger partial charge in [-0.25, -0.2) is 18.2 Å². The lowest BCUT2D eigenvalue weighted by Crippen LogP contribution is -2.24. The normalized spacial score (nSPS) is 11.4. The fourth-order valence-corrected chi connectivity index (χ4v) is 4.43. The number of rotatable bonds is 8. The highest BCUT2D eigenvalue weighted by molar-refractivity contribution is 7.92. The number of aromatic nitrogens is 2. The van der Waals surface area contributed by atoms with E-state index in [0.717, 1.165) is 28.1 Å². The Morgan fingerprint density at radius 2 is 1.88 bits per heavy atom. The molecular formula is C22H26N4O5S. The second-order valence-electron chi connectivity index (χ2n) is 7.73. The number of anilines is 2. The Kier molecular flexibility index (Phi) is 6.54. The number of likely N-dealkylation sites (N-methyl/N-ethyl adjacent to an activating group) is 1. The third-order valence-electron chi connectivity index (χ3n) is 5.38. The maximum atomic E-state index is 12.8. The molecule has 9 nitrogen and oxygen atoms in total. The highest BCUT2D eigenvalue weighted by Crippen LogP contribution is 2.24. The van der Waals surface area contributed by atoms with E-state index in [4.69, 9.17) is 4.52 Å². The van der Waals surface area contributed by atoms with Gasteiger partial charge in [-0.05, 0) is 63.4 Å². The van der Waals surface area contributed by atoms with E-state index < -0.39 is 16.0 Å². The van der Waals surface area contributed by atoms with Crippen molar-refractivity contribution in [1.29, 1.82) is 0 Å². The molecule has 0 saturated carbocycles. The van der Waals surface area contributed by atoms with Gasteiger partial charge in [0.1, 0.15) is 17.1 Å². The number of carboxylic acids is 1. The third-order valence-corrected chi connectivity index (χ3v) is 6.76. The van der Waals surface area contributed by atoms with Crippen molar-refractivity contribution < 1.29 is 22.8 Å². The molecule has 0 radical (unpaired) electrons. The lowest BCUT2D eigenvalue weighted by molar-refractivity contribution is 0.0697. The summed E-state index contributed by atoms with van der Waals surface area (Å²) in [5, 5.41) is 13.6. The summed E-state index contributed by atoms with van der Waals surface area (Å²) >= 11 is 0. The molecule has 0 fully saturated rings. The molecule has 2 N–H and O–H groups in total. The minimum atomic E-state index is -3.89. The maximum Gasteiger partial charge on any atom is 0.339 e. The van der Waals surface area contributed by atoms with Crippen LogP contribution >= 0.6 is 0 Å². The Morgan fingerprint density at radius 1 is 1.16 bits per heavy atom. The van der Waals surface area contributed by atoms with Gasteiger partial charge in [-0.1, -0.05) is 11.2 Å². The van der Waals surface area contributed by atoms with E-state index in [2.05, 4.69) is 14.9 Å². The zero-order valence-corrected chi connectivity index (χ0v) is 19.4. The highest BCUT2D eigenvalue weighted by atomic mass is 32.2. The summed E-state index contributed by atoms with van der Waals surface area (Å²) in [5.41, 5.74) is 3.54. The summed E-state index contributed by atoms with van der Waals surface area (Å²) < 4.78 is 33.1. The van der Waals surface area contributed by atoms with Crippen LogP contribution in [0, 0.1) is 27.7 Å². The lowest BCUT2D eigenvalue weighted by atomic mass is 10.1. The Labute approximate surface area is 187 Å². The molecule has 2 heterocycles. The van der Waals surface area contributed by atoms with Crippen LogP contribution in [0.1, 0.15) is 38.5 Å². The van der Waals surface area contributed by atoms with E-state index in [1.165, 1.54) is 18.3 Å². The van der Waals surface area contributed by atoms with Crippen LogP contribution in [0.2, 0.25) is 0 Å². The Balaban J connectivity index is 1.83. The smallest absolute Gasteiger partial charge is 0.339 e. The van der Waals surface area contributed by atoms with Gasteiger partial charge < -0.3 is 14.5 Å². The number of carboxylic acid groups (broad SMARTS) is 1. The predicted octanol–water partition coefficient (Wildman–Crippen LogP) is 3.48. The van der Waals surface area contributed by atoms with Crippen LogP contribution < -0.4 is 9.62 Å². The molecule has 170 valence electrons. The minimum absolute atomic E-state index is 0.0727. The number of benzene rings is 1. The zero-order valence-electron chi connectivity index (χ0n) is 18.6. The summed E-state index contributed by atoms with van der Waals surface area (Å²) in [7, 11) is -2.16. The van der Waals surface area contributed by atoms with E-state index in [0.29, 0.717) is 13.0 Å². The number of aromatic carboxylic acids is 1. The van der Waals surface area contributed by atoms with Gasteiger partial charge in [-0.2, -0.15) is 0 Å². The van der Waals surface area contributed by atoms with Crippen LogP contribution in [0.5, 0.6) is 0 Å². The minimum Gasteiger partial charge on any atom is -0.478 e. The standard InChI is InChI=1S/C22H26N4O5S/c1-13-6-7-18(10-14(13)2)32(29,30)25-17-11-20(22(27)28)21(23-12-17)26(5)9-8-19-15(3)24-31-16(19)4/h6-7,10-12,25H,8-9H2,1-5H3,(H,27,28). The number of aryl methyl sites for hydroxylation is 4. The number of carbonyl (C=O) groups is 1. The number of nitrogens with one attached hydrogen (secondary N) is 1. The molecule has 0 aliphatic heterocycles. The first-order valence-corrected chi connectivity index (χ1v) is 11.4. The van der Waals surface area contributed by atoms with Crippen LogP contribution in [0.3, 0.4) is 0 Å². The van der Waals surface area contributed by atoms with Gasteiger partial charge in [0.2, 0.25) is 0 Å². The molecule has 0 saturated heterocycles. The number of sulfonamides is 1. The second-order valence-corrected chi connectivity index (χ2v) is 9.41.